The Kier molecular flexibility index (Phi) is 4.46. The van der Waals surface area contributed by atoms with Gasteiger partial charge in [0.05, 0.1) is 16.8 Å². The van der Waals surface area contributed by atoms with Crippen LogP contribution in [0.1, 0.15) is 26.5 Å². The van der Waals surface area contributed by atoms with E-state index in [0.717, 1.165) is 17.6 Å². The molecule has 0 aliphatic carbocycles. The van der Waals surface area contributed by atoms with Crippen LogP contribution in [0, 0.1) is 6.92 Å². The van der Waals surface area contributed by atoms with E-state index >= 15 is 0 Å². The van der Waals surface area contributed by atoms with E-state index in [4.69, 9.17) is 5.73 Å². The van der Waals surface area contributed by atoms with Crippen LogP contribution in [0.25, 0.3) is 5.69 Å². The number of benzene rings is 1. The van der Waals surface area contributed by atoms with E-state index in [0.29, 0.717) is 17.3 Å². The van der Waals surface area contributed by atoms with Crippen LogP contribution in [0.3, 0.4) is 0 Å². The predicted molar refractivity (Wildman–Crippen MR) is 113 cm³/mol. The Hall–Kier alpha value is -4.21. The molecule has 0 fully saturated rings. The molecular formula is C20H19N7O3. The number of imide groups is 1. The van der Waals surface area contributed by atoms with Gasteiger partial charge >= 0.3 is 0 Å². The molecule has 4 N–H and O–H groups in total. The van der Waals surface area contributed by atoms with Crippen molar-refractivity contribution in [3.8, 4) is 5.69 Å². The maximum Gasteiger partial charge on any atom is 0.262 e. The van der Waals surface area contributed by atoms with E-state index in [1.165, 1.54) is 4.57 Å². The third-order valence-corrected chi connectivity index (χ3v) is 4.63. The van der Waals surface area contributed by atoms with Gasteiger partial charge in [0.2, 0.25) is 0 Å². The lowest BCUT2D eigenvalue weighted by atomic mass is 10.1. The van der Waals surface area contributed by atoms with Crippen molar-refractivity contribution in [2.24, 2.45) is 0 Å². The Labute approximate surface area is 171 Å². The minimum Gasteiger partial charge on any atom is -0.384 e. The highest BCUT2D eigenvalue weighted by molar-refractivity contribution is 6.23. The number of rotatable bonds is 4. The standard InChI is InChI=1S/C20H19N7O3/c1-10-22-14(9-15(23-10)26(2)3)24-11-4-6-12(7-5-11)27-16(28)8-13-17(18(27)21)20(30)25-19(13)29/h4-9H,21H2,1-3H3,(H,22,23,24)(H,25,29,30). The van der Waals surface area contributed by atoms with Crippen LogP contribution in [-0.2, 0) is 0 Å². The lowest BCUT2D eigenvalue weighted by molar-refractivity contribution is 0.0880. The molecule has 4 rings (SSSR count). The fourth-order valence-electron chi connectivity index (χ4n) is 3.23. The Morgan fingerprint density at radius 1 is 1.03 bits per heavy atom. The summed E-state index contributed by atoms with van der Waals surface area (Å²) in [6, 6.07) is 9.81. The van der Waals surface area contributed by atoms with Crippen LogP contribution < -0.4 is 26.8 Å². The molecule has 0 atom stereocenters. The number of amides is 2. The summed E-state index contributed by atoms with van der Waals surface area (Å²) in [6.07, 6.45) is 0. The van der Waals surface area contributed by atoms with Crippen molar-refractivity contribution in [3.63, 3.8) is 0 Å². The number of nitrogens with zero attached hydrogens (tertiary/aromatic N) is 4. The topological polar surface area (TPSA) is 135 Å². The maximum atomic E-state index is 12.5. The smallest absolute Gasteiger partial charge is 0.262 e. The number of fused-ring (bicyclic) bond motifs is 1. The van der Waals surface area contributed by atoms with Gasteiger partial charge in [-0.05, 0) is 31.2 Å². The zero-order valence-corrected chi connectivity index (χ0v) is 16.6. The fraction of sp³-hybridized carbons (Fsp3) is 0.150. The minimum atomic E-state index is -0.622. The number of nitrogens with two attached hydrogens (primary N) is 1. The molecule has 1 aliphatic heterocycles. The van der Waals surface area contributed by atoms with Gasteiger partial charge in [-0.2, -0.15) is 0 Å². The van der Waals surface area contributed by atoms with Gasteiger partial charge in [-0.15, -0.1) is 0 Å². The number of aromatic nitrogens is 3. The first kappa shape index (κ1) is 19.1. The first-order valence-electron chi connectivity index (χ1n) is 9.06. The quantitative estimate of drug-likeness (QED) is 0.551. The van der Waals surface area contributed by atoms with E-state index in [-0.39, 0.29) is 16.9 Å². The second-order valence-electron chi connectivity index (χ2n) is 7.00. The second kappa shape index (κ2) is 6.99. The number of hydrogen-bond acceptors (Lipinski definition) is 8. The van der Waals surface area contributed by atoms with E-state index in [1.807, 2.05) is 32.0 Å². The Morgan fingerprint density at radius 3 is 2.40 bits per heavy atom. The number of aryl methyl sites for hydroxylation is 1. The predicted octanol–water partition coefficient (Wildman–Crippen LogP) is 1.21. The average Bonchev–Trinajstić information content (AvgIpc) is 2.96. The molecule has 30 heavy (non-hydrogen) atoms. The second-order valence-corrected chi connectivity index (χ2v) is 7.00. The Balaban J connectivity index is 1.67. The normalized spacial score (nSPS) is 12.5. The largest absolute Gasteiger partial charge is 0.384 e. The summed E-state index contributed by atoms with van der Waals surface area (Å²) in [7, 11) is 3.79. The number of nitrogens with one attached hydrogen (secondary N) is 2. The van der Waals surface area contributed by atoms with Gasteiger partial charge in [0, 0.05) is 31.9 Å². The van der Waals surface area contributed by atoms with Crippen molar-refractivity contribution >= 4 is 35.0 Å². The van der Waals surface area contributed by atoms with Crippen molar-refractivity contribution in [1.29, 1.82) is 0 Å². The zero-order valence-electron chi connectivity index (χ0n) is 16.6. The molecule has 0 radical (unpaired) electrons. The molecule has 2 amide bonds. The van der Waals surface area contributed by atoms with Gasteiger partial charge in [0.25, 0.3) is 17.4 Å². The third-order valence-electron chi connectivity index (χ3n) is 4.63. The molecule has 0 bridgehead atoms. The van der Waals surface area contributed by atoms with Gasteiger partial charge in [-0.1, -0.05) is 0 Å². The first-order chi connectivity index (χ1) is 14.2. The van der Waals surface area contributed by atoms with E-state index in [2.05, 4.69) is 20.6 Å². The Morgan fingerprint density at radius 2 is 1.73 bits per heavy atom. The van der Waals surface area contributed by atoms with Crippen LogP contribution in [0.15, 0.2) is 41.2 Å². The molecule has 2 aromatic heterocycles. The highest BCUT2D eigenvalue weighted by atomic mass is 16.2. The molecule has 10 nitrogen and oxygen atoms in total. The summed E-state index contributed by atoms with van der Waals surface area (Å²) in [4.78, 5) is 46.9. The van der Waals surface area contributed by atoms with Crippen molar-refractivity contribution in [2.45, 2.75) is 6.92 Å². The van der Waals surface area contributed by atoms with Crippen molar-refractivity contribution < 1.29 is 9.59 Å². The van der Waals surface area contributed by atoms with E-state index in [9.17, 15) is 14.4 Å². The highest BCUT2D eigenvalue weighted by Gasteiger charge is 2.31. The number of anilines is 4. The summed E-state index contributed by atoms with van der Waals surface area (Å²) >= 11 is 0. The van der Waals surface area contributed by atoms with Crippen LogP contribution in [0.4, 0.5) is 23.1 Å². The summed E-state index contributed by atoms with van der Waals surface area (Å²) in [6.45, 7) is 1.81. The van der Waals surface area contributed by atoms with Crippen molar-refractivity contribution in [1.82, 2.24) is 19.9 Å². The lowest BCUT2D eigenvalue weighted by Gasteiger charge is -2.15. The molecule has 0 unspecified atom stereocenters. The van der Waals surface area contributed by atoms with Crippen molar-refractivity contribution in [2.75, 3.05) is 30.0 Å². The van der Waals surface area contributed by atoms with Crippen LogP contribution in [-0.4, -0.2) is 40.4 Å². The molecule has 0 saturated heterocycles. The minimum absolute atomic E-state index is 0.00661. The van der Waals surface area contributed by atoms with Crippen LogP contribution in [0.5, 0.6) is 0 Å². The molecule has 1 aromatic carbocycles. The van der Waals surface area contributed by atoms with Gasteiger partial charge in [-0.3, -0.25) is 24.3 Å². The molecule has 0 spiro atoms. The van der Waals surface area contributed by atoms with Crippen LogP contribution >= 0.6 is 0 Å². The molecule has 3 heterocycles. The van der Waals surface area contributed by atoms with Gasteiger partial charge in [0.15, 0.2) is 0 Å². The molecule has 1 aliphatic rings. The average molecular weight is 405 g/mol. The zero-order chi connectivity index (χ0) is 21.6. The molecule has 0 saturated carbocycles. The maximum absolute atomic E-state index is 12.5. The van der Waals surface area contributed by atoms with Crippen molar-refractivity contribution in [3.05, 3.63) is 63.7 Å². The first-order valence-corrected chi connectivity index (χ1v) is 9.06. The summed E-state index contributed by atoms with van der Waals surface area (Å²) < 4.78 is 1.19. The number of hydrogen-bond donors (Lipinski definition) is 3. The number of carbonyl (C=O) groups is 2. The molecule has 152 valence electrons. The number of nitrogen functional groups attached to an aromatic ring is 1. The Bertz CT molecular complexity index is 1250. The van der Waals surface area contributed by atoms with Gasteiger partial charge in [0.1, 0.15) is 23.3 Å². The summed E-state index contributed by atoms with van der Waals surface area (Å²) in [5.41, 5.74) is 6.76. The molecular weight excluding hydrogens is 386 g/mol. The van der Waals surface area contributed by atoms with Gasteiger partial charge < -0.3 is 16.0 Å². The number of pyridine rings is 1. The fourth-order valence-corrected chi connectivity index (χ4v) is 3.23. The summed E-state index contributed by atoms with van der Waals surface area (Å²) in [5, 5.41) is 5.34. The summed E-state index contributed by atoms with van der Waals surface area (Å²) in [5.74, 6) is 0.711. The van der Waals surface area contributed by atoms with Gasteiger partial charge in [-0.25, -0.2) is 9.97 Å². The highest BCUT2D eigenvalue weighted by Crippen LogP contribution is 2.24. The van der Waals surface area contributed by atoms with E-state index < -0.39 is 17.4 Å². The monoisotopic (exact) mass is 405 g/mol. The van der Waals surface area contributed by atoms with Crippen LogP contribution in [0.2, 0.25) is 0 Å². The molecule has 10 heteroatoms. The third kappa shape index (κ3) is 3.24. The molecule has 3 aromatic rings. The van der Waals surface area contributed by atoms with E-state index in [1.54, 1.807) is 24.3 Å². The number of carbonyl (C=O) groups excluding carboxylic acids is 2. The lowest BCUT2D eigenvalue weighted by Crippen LogP contribution is -2.24. The SMILES string of the molecule is Cc1nc(Nc2ccc(-n3c(N)c4c(cc3=O)C(=O)NC4=O)cc2)cc(N(C)C)n1.